The summed E-state index contributed by atoms with van der Waals surface area (Å²) in [4.78, 5) is 15.4. The maximum Gasteiger partial charge on any atom is 0.221 e. The molecule has 0 saturated carbocycles. The first-order valence-electron chi connectivity index (χ1n) is 6.04. The minimum Gasteiger partial charge on any atom is -0.369 e. The number of imidazole rings is 1. The smallest absolute Gasteiger partial charge is 0.221 e. The van der Waals surface area contributed by atoms with Gasteiger partial charge in [0.25, 0.3) is 0 Å². The normalized spacial score (nSPS) is 10.7. The number of fused-ring (bicyclic) bond motifs is 1. The van der Waals surface area contributed by atoms with Gasteiger partial charge < -0.3 is 10.1 Å². The second kappa shape index (κ2) is 4.57. The van der Waals surface area contributed by atoms with Gasteiger partial charge in [-0.3, -0.25) is 4.79 Å². The van der Waals surface area contributed by atoms with Crippen LogP contribution in [0.3, 0.4) is 0 Å². The van der Waals surface area contributed by atoms with Crippen LogP contribution in [0.1, 0.15) is 5.56 Å². The summed E-state index contributed by atoms with van der Waals surface area (Å²) in [5, 5.41) is 0. The molecule has 4 heteroatoms. The standard InChI is InChI=1S/C15H13N3O/c16-14(19)9-11-4-6-12(7-5-11)13-10-18-8-2-1-3-15(18)17-13/h1-8,10H,9H2,(H2,16,19). The third kappa shape index (κ3) is 2.33. The summed E-state index contributed by atoms with van der Waals surface area (Å²) in [6, 6.07) is 13.6. The molecule has 2 N–H and O–H groups in total. The van der Waals surface area contributed by atoms with Crippen molar-refractivity contribution in [3.8, 4) is 11.3 Å². The van der Waals surface area contributed by atoms with E-state index in [1.165, 1.54) is 0 Å². The van der Waals surface area contributed by atoms with Crippen LogP contribution >= 0.6 is 0 Å². The summed E-state index contributed by atoms with van der Waals surface area (Å²) in [6.07, 6.45) is 4.22. The minimum atomic E-state index is -0.319. The molecule has 0 saturated heterocycles. The van der Waals surface area contributed by atoms with E-state index in [9.17, 15) is 4.79 Å². The Labute approximate surface area is 110 Å². The lowest BCUT2D eigenvalue weighted by Gasteiger charge is -1.99. The lowest BCUT2D eigenvalue weighted by atomic mass is 10.1. The summed E-state index contributed by atoms with van der Waals surface area (Å²) in [5.41, 5.74) is 8.94. The van der Waals surface area contributed by atoms with Crippen LogP contribution in [0.4, 0.5) is 0 Å². The molecule has 0 aliphatic rings. The molecule has 0 radical (unpaired) electrons. The van der Waals surface area contributed by atoms with E-state index >= 15 is 0 Å². The SMILES string of the molecule is NC(=O)Cc1ccc(-c2cn3ccccc3n2)cc1. The minimum absolute atomic E-state index is 0.269. The molecule has 2 heterocycles. The van der Waals surface area contributed by atoms with E-state index < -0.39 is 0 Å². The highest BCUT2D eigenvalue weighted by atomic mass is 16.1. The van der Waals surface area contributed by atoms with Crippen molar-refractivity contribution in [1.29, 1.82) is 0 Å². The number of pyridine rings is 1. The second-order valence-corrected chi connectivity index (χ2v) is 4.43. The van der Waals surface area contributed by atoms with Gasteiger partial charge in [0.05, 0.1) is 12.1 Å². The van der Waals surface area contributed by atoms with Crippen molar-refractivity contribution in [3.63, 3.8) is 0 Å². The number of benzene rings is 1. The van der Waals surface area contributed by atoms with Gasteiger partial charge in [-0.15, -0.1) is 0 Å². The lowest BCUT2D eigenvalue weighted by molar-refractivity contribution is -0.117. The predicted octanol–water partition coefficient (Wildman–Crippen LogP) is 2.03. The first-order valence-corrected chi connectivity index (χ1v) is 6.04. The molecule has 0 atom stereocenters. The molecule has 94 valence electrons. The van der Waals surface area contributed by atoms with Crippen LogP contribution in [0.5, 0.6) is 0 Å². The van der Waals surface area contributed by atoms with E-state index in [4.69, 9.17) is 5.73 Å². The highest BCUT2D eigenvalue weighted by Gasteiger charge is 2.04. The fraction of sp³-hybridized carbons (Fsp3) is 0.0667. The first kappa shape index (κ1) is 11.5. The largest absolute Gasteiger partial charge is 0.369 e. The third-order valence-corrected chi connectivity index (χ3v) is 2.99. The summed E-state index contributed by atoms with van der Waals surface area (Å²) in [7, 11) is 0. The number of nitrogens with two attached hydrogens (primary N) is 1. The Kier molecular flexibility index (Phi) is 2.76. The molecule has 0 bridgehead atoms. The molecular weight excluding hydrogens is 238 g/mol. The number of hydrogen-bond donors (Lipinski definition) is 1. The van der Waals surface area contributed by atoms with E-state index in [-0.39, 0.29) is 12.3 Å². The summed E-state index contributed by atoms with van der Waals surface area (Å²) < 4.78 is 1.98. The van der Waals surface area contributed by atoms with Crippen molar-refractivity contribution in [2.24, 2.45) is 5.73 Å². The molecule has 1 aromatic carbocycles. The first-order chi connectivity index (χ1) is 9.22. The quantitative estimate of drug-likeness (QED) is 0.774. The fourth-order valence-corrected chi connectivity index (χ4v) is 2.07. The topological polar surface area (TPSA) is 60.4 Å². The van der Waals surface area contributed by atoms with E-state index in [1.54, 1.807) is 0 Å². The van der Waals surface area contributed by atoms with Crippen molar-refractivity contribution >= 4 is 11.6 Å². The summed E-state index contributed by atoms with van der Waals surface area (Å²) in [6.45, 7) is 0. The maximum atomic E-state index is 10.8. The number of amides is 1. The second-order valence-electron chi connectivity index (χ2n) is 4.43. The van der Waals surface area contributed by atoms with Crippen molar-refractivity contribution in [3.05, 3.63) is 60.4 Å². The van der Waals surface area contributed by atoms with Gasteiger partial charge >= 0.3 is 0 Å². The van der Waals surface area contributed by atoms with E-state index in [2.05, 4.69) is 4.98 Å². The average Bonchev–Trinajstić information content (AvgIpc) is 2.82. The number of rotatable bonds is 3. The molecule has 2 aromatic heterocycles. The number of hydrogen-bond acceptors (Lipinski definition) is 2. The van der Waals surface area contributed by atoms with Gasteiger partial charge in [-0.25, -0.2) is 4.98 Å². The Morgan fingerprint density at radius 3 is 2.63 bits per heavy atom. The molecule has 0 unspecified atom stereocenters. The molecule has 19 heavy (non-hydrogen) atoms. The monoisotopic (exact) mass is 251 g/mol. The molecule has 0 aliphatic heterocycles. The van der Waals surface area contributed by atoms with Gasteiger partial charge in [-0.05, 0) is 17.7 Å². The number of carbonyl (C=O) groups excluding carboxylic acids is 1. The Bertz CT molecular complexity index is 695. The van der Waals surface area contributed by atoms with E-state index in [0.29, 0.717) is 0 Å². The van der Waals surface area contributed by atoms with Gasteiger partial charge in [0.15, 0.2) is 0 Å². The van der Waals surface area contributed by atoms with Crippen LogP contribution < -0.4 is 5.73 Å². The van der Waals surface area contributed by atoms with E-state index in [1.807, 2.05) is 59.3 Å². The van der Waals surface area contributed by atoms with Crippen molar-refractivity contribution in [2.45, 2.75) is 6.42 Å². The van der Waals surface area contributed by atoms with Gasteiger partial charge in [0.2, 0.25) is 5.91 Å². The molecule has 0 spiro atoms. The third-order valence-electron chi connectivity index (χ3n) is 2.99. The van der Waals surface area contributed by atoms with E-state index in [0.717, 1.165) is 22.5 Å². The Hall–Kier alpha value is -2.62. The Morgan fingerprint density at radius 2 is 1.95 bits per heavy atom. The van der Waals surface area contributed by atoms with Crippen molar-refractivity contribution < 1.29 is 4.79 Å². The van der Waals surface area contributed by atoms with Crippen LogP contribution in [-0.2, 0) is 11.2 Å². The van der Waals surface area contributed by atoms with Crippen molar-refractivity contribution in [1.82, 2.24) is 9.38 Å². The Morgan fingerprint density at radius 1 is 1.16 bits per heavy atom. The molecule has 0 aliphatic carbocycles. The highest BCUT2D eigenvalue weighted by molar-refractivity contribution is 5.76. The number of carbonyl (C=O) groups is 1. The Balaban J connectivity index is 1.95. The molecule has 3 rings (SSSR count). The molecule has 4 nitrogen and oxygen atoms in total. The lowest BCUT2D eigenvalue weighted by Crippen LogP contribution is -2.13. The summed E-state index contributed by atoms with van der Waals surface area (Å²) in [5.74, 6) is -0.319. The fourth-order valence-electron chi connectivity index (χ4n) is 2.07. The van der Waals surface area contributed by atoms with Gasteiger partial charge in [-0.1, -0.05) is 30.3 Å². The zero-order valence-electron chi connectivity index (χ0n) is 10.3. The van der Waals surface area contributed by atoms with Crippen LogP contribution in [0, 0.1) is 0 Å². The van der Waals surface area contributed by atoms with Crippen LogP contribution in [0.25, 0.3) is 16.9 Å². The maximum absolute atomic E-state index is 10.8. The highest BCUT2D eigenvalue weighted by Crippen LogP contribution is 2.19. The van der Waals surface area contributed by atoms with Gasteiger partial charge in [0.1, 0.15) is 5.65 Å². The van der Waals surface area contributed by atoms with Crippen LogP contribution in [-0.4, -0.2) is 15.3 Å². The molecule has 3 aromatic rings. The van der Waals surface area contributed by atoms with Crippen molar-refractivity contribution in [2.75, 3.05) is 0 Å². The number of nitrogens with zero attached hydrogens (tertiary/aromatic N) is 2. The zero-order chi connectivity index (χ0) is 13.2. The number of aromatic nitrogens is 2. The zero-order valence-corrected chi connectivity index (χ0v) is 10.3. The average molecular weight is 251 g/mol. The van der Waals surface area contributed by atoms with Gasteiger partial charge in [-0.2, -0.15) is 0 Å². The summed E-state index contributed by atoms with van der Waals surface area (Å²) >= 11 is 0. The predicted molar refractivity (Wildman–Crippen MR) is 73.5 cm³/mol. The van der Waals surface area contributed by atoms with Gasteiger partial charge in [0, 0.05) is 18.0 Å². The number of primary amides is 1. The molecule has 0 fully saturated rings. The molecule has 1 amide bonds. The molecular formula is C15H13N3O. The van der Waals surface area contributed by atoms with Crippen LogP contribution in [0.2, 0.25) is 0 Å². The van der Waals surface area contributed by atoms with Crippen LogP contribution in [0.15, 0.2) is 54.9 Å².